The summed E-state index contributed by atoms with van der Waals surface area (Å²) in [5.41, 5.74) is 0. The molecule has 1 aliphatic heterocycles. The van der Waals surface area contributed by atoms with Gasteiger partial charge < -0.3 is 5.32 Å². The van der Waals surface area contributed by atoms with Crippen LogP contribution < -0.4 is 5.32 Å². The molecule has 1 unspecified atom stereocenters. The molecule has 0 aromatic heterocycles. The average Bonchev–Trinajstić information content (AvgIpc) is 2.25. The summed E-state index contributed by atoms with van der Waals surface area (Å²) in [7, 11) is 0. The average molecular weight is 188 g/mol. The highest BCUT2D eigenvalue weighted by atomic mass is 32.1. The lowest BCUT2D eigenvalue weighted by molar-refractivity contribution is -0.128. The molecule has 1 saturated heterocycles. The molecular weight excluding hydrogens is 176 g/mol. The lowest BCUT2D eigenvalue weighted by Crippen LogP contribution is -2.37. The summed E-state index contributed by atoms with van der Waals surface area (Å²) < 4.78 is 0. The number of amides is 3. The van der Waals surface area contributed by atoms with Gasteiger partial charge in [-0.3, -0.25) is 9.69 Å². The van der Waals surface area contributed by atoms with Crippen LogP contribution in [0.25, 0.3) is 0 Å². The van der Waals surface area contributed by atoms with Gasteiger partial charge in [-0.05, 0) is 13.8 Å². The molecule has 0 aromatic carbocycles. The van der Waals surface area contributed by atoms with Crippen molar-refractivity contribution in [1.29, 1.82) is 0 Å². The highest BCUT2D eigenvalue weighted by molar-refractivity contribution is 7.80. The zero-order chi connectivity index (χ0) is 9.30. The van der Waals surface area contributed by atoms with Gasteiger partial charge in [-0.25, -0.2) is 4.79 Å². The van der Waals surface area contributed by atoms with E-state index >= 15 is 0 Å². The number of hydrogen-bond acceptors (Lipinski definition) is 3. The first kappa shape index (κ1) is 9.38. The first-order valence-electron chi connectivity index (χ1n) is 3.82. The van der Waals surface area contributed by atoms with E-state index in [2.05, 4.69) is 17.9 Å². The number of thiol groups is 1. The van der Waals surface area contributed by atoms with E-state index in [1.54, 1.807) is 13.8 Å². The molecular formula is C7H12N2O2S. The summed E-state index contributed by atoms with van der Waals surface area (Å²) in [4.78, 5) is 23.8. The van der Waals surface area contributed by atoms with Crippen LogP contribution in [0, 0.1) is 0 Å². The Morgan fingerprint density at radius 1 is 1.58 bits per heavy atom. The zero-order valence-electron chi connectivity index (χ0n) is 7.07. The predicted molar refractivity (Wildman–Crippen MR) is 48.2 cm³/mol. The fourth-order valence-corrected chi connectivity index (χ4v) is 1.41. The number of hydrogen-bond donors (Lipinski definition) is 2. The number of rotatable bonds is 2. The van der Waals surface area contributed by atoms with Crippen LogP contribution in [0.1, 0.15) is 13.8 Å². The molecule has 0 saturated carbocycles. The topological polar surface area (TPSA) is 49.4 Å². The van der Waals surface area contributed by atoms with Gasteiger partial charge >= 0.3 is 6.03 Å². The van der Waals surface area contributed by atoms with Gasteiger partial charge in [0.05, 0.1) is 0 Å². The molecule has 1 atom stereocenters. The minimum atomic E-state index is -0.441. The SMILES string of the molecule is CC(C)N1C(=O)NC(CS)C1=O. The Hall–Kier alpha value is -0.710. The van der Waals surface area contributed by atoms with Crippen molar-refractivity contribution in [2.75, 3.05) is 5.75 Å². The van der Waals surface area contributed by atoms with E-state index < -0.39 is 6.04 Å². The monoisotopic (exact) mass is 188 g/mol. The summed E-state index contributed by atoms with van der Waals surface area (Å²) in [6.07, 6.45) is 0. The van der Waals surface area contributed by atoms with Gasteiger partial charge in [0.2, 0.25) is 0 Å². The number of nitrogens with one attached hydrogen (secondary N) is 1. The molecule has 4 nitrogen and oxygen atoms in total. The molecule has 0 bridgehead atoms. The van der Waals surface area contributed by atoms with Crippen molar-refractivity contribution in [2.45, 2.75) is 25.9 Å². The van der Waals surface area contributed by atoms with Crippen LogP contribution in [0.5, 0.6) is 0 Å². The summed E-state index contributed by atoms with van der Waals surface area (Å²) >= 11 is 3.96. The number of imide groups is 1. The van der Waals surface area contributed by atoms with Crippen molar-refractivity contribution in [1.82, 2.24) is 10.2 Å². The van der Waals surface area contributed by atoms with Crippen LogP contribution in [0.2, 0.25) is 0 Å². The largest absolute Gasteiger partial charge is 0.325 e. The zero-order valence-corrected chi connectivity index (χ0v) is 7.97. The third-order valence-corrected chi connectivity index (χ3v) is 2.12. The minimum Gasteiger partial charge on any atom is -0.325 e. The fourth-order valence-electron chi connectivity index (χ4n) is 1.16. The molecule has 3 amide bonds. The van der Waals surface area contributed by atoms with Crippen molar-refractivity contribution in [2.24, 2.45) is 0 Å². The number of nitrogens with zero attached hydrogens (tertiary/aromatic N) is 1. The second-order valence-electron chi connectivity index (χ2n) is 2.99. The predicted octanol–water partition coefficient (Wildman–Crippen LogP) is 0.245. The Morgan fingerprint density at radius 2 is 2.17 bits per heavy atom. The van der Waals surface area contributed by atoms with Gasteiger partial charge in [0, 0.05) is 11.8 Å². The van der Waals surface area contributed by atoms with E-state index in [1.807, 2.05) is 0 Å². The molecule has 1 N–H and O–H groups in total. The maximum atomic E-state index is 11.4. The van der Waals surface area contributed by atoms with E-state index in [9.17, 15) is 9.59 Å². The smallest absolute Gasteiger partial charge is 0.325 e. The van der Waals surface area contributed by atoms with Crippen LogP contribution in [0.3, 0.4) is 0 Å². The van der Waals surface area contributed by atoms with E-state index in [0.29, 0.717) is 5.75 Å². The number of carbonyl (C=O) groups excluding carboxylic acids is 2. The van der Waals surface area contributed by atoms with Crippen LogP contribution in [-0.2, 0) is 4.79 Å². The lowest BCUT2D eigenvalue weighted by atomic mass is 10.3. The van der Waals surface area contributed by atoms with Gasteiger partial charge in [0.15, 0.2) is 0 Å². The molecule has 12 heavy (non-hydrogen) atoms. The van der Waals surface area contributed by atoms with Gasteiger partial charge in [-0.1, -0.05) is 0 Å². The fraction of sp³-hybridized carbons (Fsp3) is 0.714. The van der Waals surface area contributed by atoms with Crippen LogP contribution in [0.15, 0.2) is 0 Å². The van der Waals surface area contributed by atoms with Gasteiger partial charge in [0.1, 0.15) is 6.04 Å². The van der Waals surface area contributed by atoms with Crippen molar-refractivity contribution in [3.63, 3.8) is 0 Å². The maximum Gasteiger partial charge on any atom is 0.325 e. The minimum absolute atomic E-state index is 0.0811. The molecule has 0 aromatic rings. The second kappa shape index (κ2) is 3.35. The molecule has 0 radical (unpaired) electrons. The molecule has 68 valence electrons. The molecule has 0 aliphatic carbocycles. The first-order valence-corrected chi connectivity index (χ1v) is 4.45. The van der Waals surface area contributed by atoms with Crippen LogP contribution in [-0.4, -0.2) is 34.7 Å². The molecule has 1 aliphatic rings. The van der Waals surface area contributed by atoms with Gasteiger partial charge in [-0.2, -0.15) is 12.6 Å². The third kappa shape index (κ3) is 1.41. The van der Waals surface area contributed by atoms with E-state index in [4.69, 9.17) is 0 Å². The van der Waals surface area contributed by atoms with Crippen LogP contribution >= 0.6 is 12.6 Å². The Kier molecular flexibility index (Phi) is 2.62. The number of carbonyl (C=O) groups is 2. The summed E-state index contributed by atoms with van der Waals surface area (Å²) in [5.74, 6) is 0.179. The highest BCUT2D eigenvalue weighted by Gasteiger charge is 2.38. The second-order valence-corrected chi connectivity index (χ2v) is 3.35. The maximum absolute atomic E-state index is 11.4. The van der Waals surface area contributed by atoms with Crippen molar-refractivity contribution in [3.05, 3.63) is 0 Å². The lowest BCUT2D eigenvalue weighted by Gasteiger charge is -2.16. The Labute approximate surface area is 76.7 Å². The van der Waals surface area contributed by atoms with Crippen LogP contribution in [0.4, 0.5) is 4.79 Å². The molecule has 1 fully saturated rings. The van der Waals surface area contributed by atoms with E-state index in [-0.39, 0.29) is 18.0 Å². The molecule has 5 heteroatoms. The Morgan fingerprint density at radius 3 is 2.42 bits per heavy atom. The summed E-state index contributed by atoms with van der Waals surface area (Å²) in [5, 5.41) is 2.55. The van der Waals surface area contributed by atoms with Crippen molar-refractivity contribution < 1.29 is 9.59 Å². The van der Waals surface area contributed by atoms with E-state index in [0.717, 1.165) is 0 Å². The number of urea groups is 1. The van der Waals surface area contributed by atoms with Gasteiger partial charge in [0.25, 0.3) is 5.91 Å². The normalized spacial score (nSPS) is 23.7. The highest BCUT2D eigenvalue weighted by Crippen LogP contribution is 2.10. The summed E-state index contributed by atoms with van der Waals surface area (Å²) in [6.45, 7) is 3.61. The Bertz CT molecular complexity index is 217. The van der Waals surface area contributed by atoms with E-state index in [1.165, 1.54) is 4.90 Å². The van der Waals surface area contributed by atoms with Crippen molar-refractivity contribution >= 4 is 24.6 Å². The quantitative estimate of drug-likeness (QED) is 0.482. The molecule has 1 rings (SSSR count). The third-order valence-electron chi connectivity index (χ3n) is 1.75. The first-order chi connectivity index (χ1) is 5.57. The van der Waals surface area contributed by atoms with Crippen molar-refractivity contribution in [3.8, 4) is 0 Å². The summed E-state index contributed by atoms with van der Waals surface area (Å²) in [6, 6.07) is -0.834. The standard InChI is InChI=1S/C7H12N2O2S/c1-4(2)9-6(10)5(3-12)8-7(9)11/h4-5,12H,3H2,1-2H3,(H,8,11). The van der Waals surface area contributed by atoms with Gasteiger partial charge in [-0.15, -0.1) is 0 Å². The Balaban J connectivity index is 2.77. The molecule has 1 heterocycles. The molecule has 0 spiro atoms.